The van der Waals surface area contributed by atoms with E-state index in [4.69, 9.17) is 34.8 Å². The predicted octanol–water partition coefficient (Wildman–Crippen LogP) is 5.48. The maximum Gasteiger partial charge on any atom is 0.257 e. The summed E-state index contributed by atoms with van der Waals surface area (Å²) in [6.45, 7) is 9.99. The highest BCUT2D eigenvalue weighted by Gasteiger charge is 2.25. The Kier molecular flexibility index (Phi) is 6.23. The molecule has 1 amide bonds. The highest BCUT2D eigenvalue weighted by atomic mass is 35.5. The molecule has 1 aliphatic heterocycles. The Bertz CT molecular complexity index is 951. The molecule has 0 unspecified atom stereocenters. The van der Waals surface area contributed by atoms with Gasteiger partial charge in [0.25, 0.3) is 5.91 Å². The summed E-state index contributed by atoms with van der Waals surface area (Å²) in [5.74, 6) is -0.438. The third kappa shape index (κ3) is 4.14. The lowest BCUT2D eigenvalue weighted by atomic mass is 10.0. The van der Waals surface area contributed by atoms with Crippen LogP contribution in [0, 0.1) is 0 Å². The van der Waals surface area contributed by atoms with Crippen LogP contribution in [0.25, 0.3) is 11.1 Å². The Morgan fingerprint density at radius 3 is 2.21 bits per heavy atom. The number of halogens is 3. The van der Waals surface area contributed by atoms with E-state index < -0.39 is 0 Å². The molecule has 1 fully saturated rings. The van der Waals surface area contributed by atoms with Crippen LogP contribution in [-0.2, 0) is 0 Å². The summed E-state index contributed by atoms with van der Waals surface area (Å²) in [7, 11) is 0. The zero-order valence-electron chi connectivity index (χ0n) is 15.1. The molecule has 7 heteroatoms. The van der Waals surface area contributed by atoms with Crippen LogP contribution in [0.15, 0.2) is 55.3 Å². The molecule has 28 heavy (non-hydrogen) atoms. The fraction of sp³-hybridized carbons (Fsp3) is 0.190. The van der Waals surface area contributed by atoms with Gasteiger partial charge in [0.15, 0.2) is 0 Å². The van der Waals surface area contributed by atoms with Crippen LogP contribution in [0.2, 0.25) is 15.1 Å². The number of nitrogens with zero attached hydrogens (tertiary/aromatic N) is 2. The fourth-order valence-electron chi connectivity index (χ4n) is 3.14. The topological polar surface area (TPSA) is 43.8 Å². The van der Waals surface area contributed by atoms with E-state index in [0.717, 1.165) is 5.70 Å². The van der Waals surface area contributed by atoms with Gasteiger partial charge in [-0.2, -0.15) is 0 Å². The minimum atomic E-state index is -0.266. The van der Waals surface area contributed by atoms with Gasteiger partial charge < -0.3 is 14.9 Å². The standard InChI is InChI=1S/C21H19Cl3N2O2/c1-3-13(2)25-6-8-26(9-7-25)21(28)17-11-16(19(24)12-20(17)27)15-10-14(22)4-5-18(15)23/h3-5,10-12,27H,1-2,6-9H2. The van der Waals surface area contributed by atoms with Crippen LogP contribution in [0.1, 0.15) is 10.4 Å². The minimum absolute atomic E-state index is 0.171. The van der Waals surface area contributed by atoms with E-state index in [1.807, 2.05) is 0 Å². The lowest BCUT2D eigenvalue weighted by Gasteiger charge is -2.36. The van der Waals surface area contributed by atoms with Gasteiger partial charge in [0, 0.05) is 53.0 Å². The number of benzene rings is 2. The van der Waals surface area contributed by atoms with Crippen molar-refractivity contribution in [1.82, 2.24) is 9.80 Å². The normalized spacial score (nSPS) is 14.1. The maximum atomic E-state index is 13.0. The third-order valence-electron chi connectivity index (χ3n) is 4.74. The molecule has 1 heterocycles. The quantitative estimate of drug-likeness (QED) is 0.644. The molecule has 0 aliphatic carbocycles. The van der Waals surface area contributed by atoms with Crippen molar-refractivity contribution in [3.63, 3.8) is 0 Å². The molecule has 1 aliphatic rings. The van der Waals surface area contributed by atoms with Gasteiger partial charge in [0.2, 0.25) is 0 Å². The lowest BCUT2D eigenvalue weighted by Crippen LogP contribution is -2.47. The number of aromatic hydroxyl groups is 1. The summed E-state index contributed by atoms with van der Waals surface area (Å²) in [6.07, 6.45) is 1.70. The SMILES string of the molecule is C=CC(=C)N1CCN(C(=O)c2cc(-c3cc(Cl)ccc3Cl)c(Cl)cc2O)CC1. The summed E-state index contributed by atoms with van der Waals surface area (Å²) in [4.78, 5) is 16.8. The van der Waals surface area contributed by atoms with Crippen LogP contribution in [-0.4, -0.2) is 47.0 Å². The number of piperazine rings is 1. The first-order valence-electron chi connectivity index (χ1n) is 8.65. The minimum Gasteiger partial charge on any atom is -0.507 e. The first-order valence-corrected chi connectivity index (χ1v) is 9.78. The number of phenols is 1. The first kappa shape index (κ1) is 20.6. The molecule has 1 N–H and O–H groups in total. The average Bonchev–Trinajstić information content (AvgIpc) is 2.69. The Hall–Kier alpha value is -2.14. The second kappa shape index (κ2) is 8.48. The van der Waals surface area contributed by atoms with E-state index in [1.54, 1.807) is 35.2 Å². The number of allylic oxidation sites excluding steroid dienone is 1. The van der Waals surface area contributed by atoms with E-state index >= 15 is 0 Å². The molecule has 3 rings (SSSR count). The van der Waals surface area contributed by atoms with Gasteiger partial charge in [-0.25, -0.2) is 0 Å². The number of amides is 1. The summed E-state index contributed by atoms with van der Waals surface area (Å²) in [5, 5.41) is 11.6. The van der Waals surface area contributed by atoms with Crippen molar-refractivity contribution in [2.24, 2.45) is 0 Å². The molecule has 146 valence electrons. The van der Waals surface area contributed by atoms with Gasteiger partial charge in [-0.05, 0) is 36.4 Å². The molecule has 0 bridgehead atoms. The average molecular weight is 438 g/mol. The Balaban J connectivity index is 1.90. The molecule has 2 aromatic carbocycles. The molecular formula is C21H19Cl3N2O2. The summed E-state index contributed by atoms with van der Waals surface area (Å²) in [6, 6.07) is 7.93. The van der Waals surface area contributed by atoms with E-state index in [0.29, 0.717) is 47.4 Å². The van der Waals surface area contributed by atoms with Crippen LogP contribution >= 0.6 is 34.8 Å². The fourth-order valence-corrected chi connectivity index (χ4v) is 3.79. The van der Waals surface area contributed by atoms with Crippen molar-refractivity contribution in [2.45, 2.75) is 0 Å². The molecule has 0 radical (unpaired) electrons. The van der Waals surface area contributed by atoms with Crippen molar-refractivity contribution in [3.8, 4) is 16.9 Å². The molecular weight excluding hydrogens is 419 g/mol. The highest BCUT2D eigenvalue weighted by Crippen LogP contribution is 2.38. The molecule has 1 saturated heterocycles. The van der Waals surface area contributed by atoms with Crippen LogP contribution in [0.3, 0.4) is 0 Å². The number of carbonyl (C=O) groups excluding carboxylic acids is 1. The summed E-state index contributed by atoms with van der Waals surface area (Å²) in [5.41, 5.74) is 2.14. The monoisotopic (exact) mass is 436 g/mol. The van der Waals surface area contributed by atoms with Crippen molar-refractivity contribution < 1.29 is 9.90 Å². The zero-order valence-corrected chi connectivity index (χ0v) is 17.4. The molecule has 0 spiro atoms. The zero-order chi connectivity index (χ0) is 20.4. The van der Waals surface area contributed by atoms with Gasteiger partial charge in [0.05, 0.1) is 10.6 Å². The Morgan fingerprint density at radius 1 is 0.964 bits per heavy atom. The number of hydrogen-bond acceptors (Lipinski definition) is 3. The van der Waals surface area contributed by atoms with Crippen molar-refractivity contribution in [3.05, 3.63) is 75.9 Å². The van der Waals surface area contributed by atoms with Gasteiger partial charge >= 0.3 is 0 Å². The molecule has 0 aromatic heterocycles. The van der Waals surface area contributed by atoms with Gasteiger partial charge in [0.1, 0.15) is 5.75 Å². The van der Waals surface area contributed by atoms with Gasteiger partial charge in [-0.3, -0.25) is 4.79 Å². The van der Waals surface area contributed by atoms with Crippen LogP contribution in [0.5, 0.6) is 5.75 Å². The lowest BCUT2D eigenvalue weighted by molar-refractivity contribution is 0.0670. The number of phenolic OH excluding ortho intramolecular Hbond substituents is 1. The Labute approximate surface area is 179 Å². The van der Waals surface area contributed by atoms with Crippen molar-refractivity contribution in [1.29, 1.82) is 0 Å². The predicted molar refractivity (Wildman–Crippen MR) is 115 cm³/mol. The van der Waals surface area contributed by atoms with Crippen LogP contribution < -0.4 is 0 Å². The summed E-state index contributed by atoms with van der Waals surface area (Å²) >= 11 is 18.7. The largest absolute Gasteiger partial charge is 0.507 e. The maximum absolute atomic E-state index is 13.0. The van der Waals surface area contributed by atoms with Crippen molar-refractivity contribution in [2.75, 3.05) is 26.2 Å². The van der Waals surface area contributed by atoms with Gasteiger partial charge in [-0.15, -0.1) is 0 Å². The highest BCUT2D eigenvalue weighted by molar-refractivity contribution is 6.38. The number of rotatable bonds is 4. The van der Waals surface area contributed by atoms with E-state index in [2.05, 4.69) is 18.1 Å². The molecule has 4 nitrogen and oxygen atoms in total. The number of hydrogen-bond donors (Lipinski definition) is 1. The number of carbonyl (C=O) groups is 1. The van der Waals surface area contributed by atoms with Gasteiger partial charge in [-0.1, -0.05) is 48.0 Å². The van der Waals surface area contributed by atoms with E-state index in [-0.39, 0.29) is 22.2 Å². The second-order valence-electron chi connectivity index (χ2n) is 6.45. The Morgan fingerprint density at radius 2 is 1.57 bits per heavy atom. The smallest absolute Gasteiger partial charge is 0.257 e. The second-order valence-corrected chi connectivity index (χ2v) is 7.70. The third-order valence-corrected chi connectivity index (χ3v) is 5.62. The summed E-state index contributed by atoms with van der Waals surface area (Å²) < 4.78 is 0. The van der Waals surface area contributed by atoms with Crippen molar-refractivity contribution >= 4 is 40.7 Å². The molecule has 2 aromatic rings. The van der Waals surface area contributed by atoms with E-state index in [1.165, 1.54) is 6.07 Å². The van der Waals surface area contributed by atoms with E-state index in [9.17, 15) is 9.90 Å². The molecule has 0 atom stereocenters. The first-order chi connectivity index (χ1) is 13.3. The van der Waals surface area contributed by atoms with Crippen LogP contribution in [0.4, 0.5) is 0 Å². The molecule has 0 saturated carbocycles.